The number of benzene rings is 2. The second kappa shape index (κ2) is 9.85. The third kappa shape index (κ3) is 5.22. The van der Waals surface area contributed by atoms with E-state index in [1.54, 1.807) is 0 Å². The molecule has 8 heteroatoms. The van der Waals surface area contributed by atoms with Gasteiger partial charge in [0.05, 0.1) is 5.54 Å². The summed E-state index contributed by atoms with van der Waals surface area (Å²) in [5, 5.41) is 14.7. The van der Waals surface area contributed by atoms with E-state index in [1.807, 2.05) is 50.4 Å². The SMILES string of the molecule is CN1CCC(C)(NC(=O)C(CCC(=O)O)NC(=O)OCC2c3ccccc3-c3ccccc32)C1. The van der Waals surface area contributed by atoms with Crippen LogP contribution in [0.25, 0.3) is 11.1 Å². The maximum absolute atomic E-state index is 13.0. The number of carboxylic acid groups (broad SMARTS) is 1. The number of nitrogens with one attached hydrogen (secondary N) is 2. The first kappa shape index (κ1) is 23.8. The predicted molar refractivity (Wildman–Crippen MR) is 128 cm³/mol. The summed E-state index contributed by atoms with van der Waals surface area (Å²) >= 11 is 0. The molecule has 0 spiro atoms. The van der Waals surface area contributed by atoms with Crippen molar-refractivity contribution in [2.24, 2.45) is 0 Å². The van der Waals surface area contributed by atoms with Gasteiger partial charge in [0, 0.05) is 25.4 Å². The molecule has 1 fully saturated rings. The summed E-state index contributed by atoms with van der Waals surface area (Å²) in [5.41, 5.74) is 4.02. The number of likely N-dealkylation sites (tertiary alicyclic amines) is 1. The molecule has 2 aromatic carbocycles. The third-order valence-electron chi connectivity index (χ3n) is 6.69. The summed E-state index contributed by atoms with van der Waals surface area (Å²) in [5.74, 6) is -1.52. The topological polar surface area (TPSA) is 108 Å². The second-order valence-corrected chi connectivity index (χ2v) is 9.49. The smallest absolute Gasteiger partial charge is 0.407 e. The van der Waals surface area contributed by atoms with E-state index in [0.717, 1.165) is 35.2 Å². The maximum atomic E-state index is 13.0. The van der Waals surface area contributed by atoms with Crippen molar-refractivity contribution in [2.75, 3.05) is 26.7 Å². The minimum absolute atomic E-state index is 0.0166. The van der Waals surface area contributed by atoms with Crippen molar-refractivity contribution in [3.8, 4) is 11.1 Å². The van der Waals surface area contributed by atoms with Crippen molar-refractivity contribution in [2.45, 2.75) is 43.7 Å². The van der Waals surface area contributed by atoms with Crippen LogP contribution in [0.1, 0.15) is 43.2 Å². The minimum atomic E-state index is -1.03. The number of likely N-dealkylation sites (N-methyl/N-ethyl adjacent to an activating group) is 1. The Balaban J connectivity index is 1.41. The molecule has 8 nitrogen and oxygen atoms in total. The van der Waals surface area contributed by atoms with Gasteiger partial charge in [-0.15, -0.1) is 0 Å². The lowest BCUT2D eigenvalue weighted by Gasteiger charge is -2.28. The Morgan fingerprint density at radius 1 is 1.12 bits per heavy atom. The summed E-state index contributed by atoms with van der Waals surface area (Å²) in [6, 6.07) is 15.1. The summed E-state index contributed by atoms with van der Waals surface area (Å²) < 4.78 is 5.55. The number of fused-ring (bicyclic) bond motifs is 3. The lowest BCUT2D eigenvalue weighted by molar-refractivity contribution is -0.137. The van der Waals surface area contributed by atoms with E-state index in [2.05, 4.69) is 27.7 Å². The van der Waals surface area contributed by atoms with Gasteiger partial charge >= 0.3 is 12.1 Å². The molecular weight excluding hydrogens is 434 g/mol. The van der Waals surface area contributed by atoms with Crippen molar-refractivity contribution in [1.82, 2.24) is 15.5 Å². The molecular formula is C26H31N3O5. The van der Waals surface area contributed by atoms with Gasteiger partial charge in [-0.1, -0.05) is 48.5 Å². The van der Waals surface area contributed by atoms with E-state index in [1.165, 1.54) is 0 Å². The van der Waals surface area contributed by atoms with E-state index < -0.39 is 29.6 Å². The number of hydrogen-bond acceptors (Lipinski definition) is 5. The highest BCUT2D eigenvalue weighted by molar-refractivity contribution is 5.87. The highest BCUT2D eigenvalue weighted by Crippen LogP contribution is 2.44. The largest absolute Gasteiger partial charge is 0.481 e. The number of alkyl carbamates (subject to hydrolysis) is 1. The van der Waals surface area contributed by atoms with Crippen LogP contribution >= 0.6 is 0 Å². The molecule has 2 aromatic rings. The highest BCUT2D eigenvalue weighted by atomic mass is 16.5. The van der Waals surface area contributed by atoms with E-state index in [0.29, 0.717) is 6.54 Å². The van der Waals surface area contributed by atoms with Crippen LogP contribution in [0, 0.1) is 0 Å². The number of amides is 2. The number of carbonyl (C=O) groups excluding carboxylic acids is 2. The average Bonchev–Trinajstić information content (AvgIpc) is 3.31. The zero-order valence-electron chi connectivity index (χ0n) is 19.5. The van der Waals surface area contributed by atoms with Crippen LogP contribution in [0.4, 0.5) is 4.79 Å². The Morgan fingerprint density at radius 3 is 2.29 bits per heavy atom. The first-order chi connectivity index (χ1) is 16.3. The zero-order valence-corrected chi connectivity index (χ0v) is 19.5. The van der Waals surface area contributed by atoms with Crippen LogP contribution in [-0.4, -0.2) is 66.3 Å². The molecule has 1 saturated heterocycles. The summed E-state index contributed by atoms with van der Waals surface area (Å²) in [6.45, 7) is 3.62. The molecule has 2 atom stereocenters. The molecule has 0 aromatic heterocycles. The minimum Gasteiger partial charge on any atom is -0.481 e. The van der Waals surface area contributed by atoms with E-state index in [4.69, 9.17) is 9.84 Å². The fraction of sp³-hybridized carbons (Fsp3) is 0.423. The molecule has 2 aliphatic rings. The summed E-state index contributed by atoms with van der Waals surface area (Å²) in [6.07, 6.45) is -0.206. The number of ether oxygens (including phenoxy) is 1. The first-order valence-electron chi connectivity index (χ1n) is 11.6. The average molecular weight is 466 g/mol. The van der Waals surface area contributed by atoms with Gasteiger partial charge in [-0.05, 0) is 49.1 Å². The van der Waals surface area contributed by atoms with Crippen LogP contribution in [0.15, 0.2) is 48.5 Å². The van der Waals surface area contributed by atoms with Gasteiger partial charge in [0.25, 0.3) is 0 Å². The normalized spacial score (nSPS) is 20.3. The molecule has 0 saturated carbocycles. The van der Waals surface area contributed by atoms with Crippen molar-refractivity contribution >= 4 is 18.0 Å². The van der Waals surface area contributed by atoms with Crippen molar-refractivity contribution in [3.63, 3.8) is 0 Å². The van der Waals surface area contributed by atoms with Crippen LogP contribution in [0.2, 0.25) is 0 Å². The molecule has 3 N–H and O–H groups in total. The Morgan fingerprint density at radius 2 is 1.74 bits per heavy atom. The molecule has 0 radical (unpaired) electrons. The van der Waals surface area contributed by atoms with Crippen LogP contribution < -0.4 is 10.6 Å². The standard InChI is InChI=1S/C26H31N3O5/c1-26(13-14-29(2)16-26)28-24(32)22(11-12-23(30)31)27-25(33)34-15-21-19-9-5-3-7-17(19)18-8-4-6-10-20(18)21/h3-10,21-22H,11-16H2,1-2H3,(H,27,33)(H,28,32)(H,30,31). The number of carboxylic acids is 1. The molecule has 2 unspecified atom stereocenters. The molecule has 1 heterocycles. The lowest BCUT2D eigenvalue weighted by Crippen LogP contribution is -2.55. The predicted octanol–water partition coefficient (Wildman–Crippen LogP) is 2.97. The quantitative estimate of drug-likeness (QED) is 0.553. The summed E-state index contributed by atoms with van der Waals surface area (Å²) in [7, 11) is 1.98. The van der Waals surface area contributed by atoms with Crippen LogP contribution in [0.3, 0.4) is 0 Å². The zero-order chi connectivity index (χ0) is 24.3. The number of hydrogen-bond donors (Lipinski definition) is 3. The maximum Gasteiger partial charge on any atom is 0.407 e. The molecule has 34 heavy (non-hydrogen) atoms. The van der Waals surface area contributed by atoms with Gasteiger partial charge in [-0.2, -0.15) is 0 Å². The van der Waals surface area contributed by atoms with Crippen LogP contribution in [0.5, 0.6) is 0 Å². The summed E-state index contributed by atoms with van der Waals surface area (Å²) in [4.78, 5) is 38.9. The molecule has 2 amide bonds. The number of rotatable bonds is 8. The van der Waals surface area contributed by atoms with Crippen molar-refractivity contribution in [3.05, 3.63) is 59.7 Å². The fourth-order valence-electron chi connectivity index (χ4n) is 5.00. The van der Waals surface area contributed by atoms with E-state index in [-0.39, 0.29) is 25.4 Å². The van der Waals surface area contributed by atoms with Crippen molar-refractivity contribution in [1.29, 1.82) is 0 Å². The van der Waals surface area contributed by atoms with Crippen LogP contribution in [-0.2, 0) is 14.3 Å². The Labute approximate surface area is 199 Å². The molecule has 1 aliphatic heterocycles. The molecule has 4 rings (SSSR count). The Hall–Kier alpha value is -3.39. The number of nitrogens with zero attached hydrogens (tertiary/aromatic N) is 1. The van der Waals surface area contributed by atoms with Gasteiger partial charge in [0.2, 0.25) is 5.91 Å². The van der Waals surface area contributed by atoms with Gasteiger partial charge in [-0.25, -0.2) is 4.79 Å². The number of carbonyl (C=O) groups is 3. The van der Waals surface area contributed by atoms with Gasteiger partial charge in [0.15, 0.2) is 0 Å². The second-order valence-electron chi connectivity index (χ2n) is 9.49. The Bertz CT molecular complexity index is 1040. The molecule has 1 aliphatic carbocycles. The Kier molecular flexibility index (Phi) is 6.88. The monoisotopic (exact) mass is 465 g/mol. The van der Waals surface area contributed by atoms with Gasteiger partial charge in [0.1, 0.15) is 12.6 Å². The van der Waals surface area contributed by atoms with E-state index >= 15 is 0 Å². The van der Waals surface area contributed by atoms with E-state index in [9.17, 15) is 14.4 Å². The molecule has 180 valence electrons. The third-order valence-corrected chi connectivity index (χ3v) is 6.69. The number of aliphatic carboxylic acids is 1. The van der Waals surface area contributed by atoms with Gasteiger partial charge in [-0.3, -0.25) is 9.59 Å². The molecule has 0 bridgehead atoms. The highest BCUT2D eigenvalue weighted by Gasteiger charge is 2.36. The van der Waals surface area contributed by atoms with Gasteiger partial charge < -0.3 is 25.4 Å². The lowest BCUT2D eigenvalue weighted by atomic mass is 9.98. The van der Waals surface area contributed by atoms with Crippen molar-refractivity contribution < 1.29 is 24.2 Å². The fourth-order valence-corrected chi connectivity index (χ4v) is 5.00. The first-order valence-corrected chi connectivity index (χ1v) is 11.6.